The lowest BCUT2D eigenvalue weighted by atomic mass is 10.3. The number of thiazole rings is 1. The third-order valence-corrected chi connectivity index (χ3v) is 6.45. The lowest BCUT2D eigenvalue weighted by molar-refractivity contribution is 0.582. The Balaban J connectivity index is 2.13. The van der Waals surface area contributed by atoms with Crippen molar-refractivity contribution in [1.82, 2.24) is 15.0 Å². The van der Waals surface area contributed by atoms with E-state index in [0.29, 0.717) is 12.2 Å². The van der Waals surface area contributed by atoms with Gasteiger partial charge < -0.3 is 10.3 Å². The van der Waals surface area contributed by atoms with Crippen molar-refractivity contribution >= 4 is 32.7 Å². The summed E-state index contributed by atoms with van der Waals surface area (Å²) in [4.78, 5) is 14.4. The Morgan fingerprint density at radius 1 is 1.35 bits per heavy atom. The standard InChI is InChI=1S/C11H15N3O3S3/c1-7-3-10(19-9(7)5-12-2)20(16,17)13-4-8-6-18-11(15)14-8/h3,6,12-13H,4-5H2,1-2H3,(H,14,15). The molecule has 0 spiro atoms. The Hall–Kier alpha value is -1.00. The molecule has 0 saturated heterocycles. The molecule has 0 bridgehead atoms. The minimum absolute atomic E-state index is 0.0827. The predicted molar refractivity (Wildman–Crippen MR) is 80.8 cm³/mol. The minimum atomic E-state index is -3.55. The third-order valence-electron chi connectivity index (χ3n) is 2.62. The van der Waals surface area contributed by atoms with Crippen molar-refractivity contribution in [1.29, 1.82) is 0 Å². The first-order chi connectivity index (χ1) is 9.42. The molecule has 110 valence electrons. The van der Waals surface area contributed by atoms with E-state index in [9.17, 15) is 13.2 Å². The van der Waals surface area contributed by atoms with Gasteiger partial charge in [0.2, 0.25) is 10.0 Å². The zero-order valence-corrected chi connectivity index (χ0v) is 13.5. The number of aromatic amines is 1. The van der Waals surface area contributed by atoms with Crippen LogP contribution in [0.15, 0.2) is 20.5 Å². The second kappa shape index (κ2) is 6.19. The molecule has 9 heteroatoms. The van der Waals surface area contributed by atoms with Gasteiger partial charge in [-0.2, -0.15) is 0 Å². The number of aryl methyl sites for hydroxylation is 1. The van der Waals surface area contributed by atoms with Crippen LogP contribution in [-0.2, 0) is 23.1 Å². The number of hydrogen-bond acceptors (Lipinski definition) is 6. The Bertz CT molecular complexity index is 742. The Morgan fingerprint density at radius 2 is 2.10 bits per heavy atom. The number of thiophene rings is 1. The highest BCUT2D eigenvalue weighted by atomic mass is 32.2. The van der Waals surface area contributed by atoms with Crippen LogP contribution in [0, 0.1) is 6.92 Å². The molecule has 20 heavy (non-hydrogen) atoms. The molecule has 2 rings (SSSR count). The van der Waals surface area contributed by atoms with E-state index in [0.717, 1.165) is 21.8 Å². The van der Waals surface area contributed by atoms with Crippen LogP contribution in [0.4, 0.5) is 0 Å². The molecular formula is C11H15N3O3S3. The normalized spacial score (nSPS) is 11.9. The van der Waals surface area contributed by atoms with E-state index < -0.39 is 10.0 Å². The maximum atomic E-state index is 12.2. The van der Waals surface area contributed by atoms with Crippen LogP contribution in [0.1, 0.15) is 16.1 Å². The van der Waals surface area contributed by atoms with Crippen molar-refractivity contribution in [3.05, 3.63) is 37.2 Å². The molecule has 0 aromatic carbocycles. The molecule has 3 N–H and O–H groups in total. The van der Waals surface area contributed by atoms with Crippen LogP contribution in [0.5, 0.6) is 0 Å². The van der Waals surface area contributed by atoms with Crippen molar-refractivity contribution in [2.24, 2.45) is 0 Å². The van der Waals surface area contributed by atoms with Crippen LogP contribution in [0.25, 0.3) is 0 Å². The molecule has 6 nitrogen and oxygen atoms in total. The Morgan fingerprint density at radius 3 is 2.70 bits per heavy atom. The van der Waals surface area contributed by atoms with Gasteiger partial charge in [0.05, 0.1) is 6.54 Å². The van der Waals surface area contributed by atoms with Gasteiger partial charge in [-0.05, 0) is 25.6 Å². The molecule has 0 fully saturated rings. The summed E-state index contributed by atoms with van der Waals surface area (Å²) in [6.07, 6.45) is 0. The summed E-state index contributed by atoms with van der Waals surface area (Å²) in [6.45, 7) is 2.61. The van der Waals surface area contributed by atoms with Crippen LogP contribution in [0.2, 0.25) is 0 Å². The molecule has 2 aromatic rings. The predicted octanol–water partition coefficient (Wildman–Crippen LogP) is 1.00. The summed E-state index contributed by atoms with van der Waals surface area (Å²) in [5.41, 5.74) is 1.51. The van der Waals surface area contributed by atoms with Gasteiger partial charge in [-0.15, -0.1) is 11.3 Å². The highest BCUT2D eigenvalue weighted by molar-refractivity contribution is 7.91. The van der Waals surface area contributed by atoms with Gasteiger partial charge in [0, 0.05) is 22.5 Å². The highest BCUT2D eigenvalue weighted by Crippen LogP contribution is 2.25. The SMILES string of the molecule is CNCc1sc(S(=O)(=O)NCc2csc(=O)[nH]2)cc1C. The Labute approximate surface area is 124 Å². The highest BCUT2D eigenvalue weighted by Gasteiger charge is 2.18. The first-order valence-electron chi connectivity index (χ1n) is 5.82. The first kappa shape index (κ1) is 15.4. The summed E-state index contributed by atoms with van der Waals surface area (Å²) in [5.74, 6) is 0. The average molecular weight is 333 g/mol. The van der Waals surface area contributed by atoms with Crippen molar-refractivity contribution in [3.63, 3.8) is 0 Å². The molecule has 0 aliphatic heterocycles. The van der Waals surface area contributed by atoms with Crippen molar-refractivity contribution < 1.29 is 8.42 Å². The van der Waals surface area contributed by atoms with Crippen LogP contribution in [0.3, 0.4) is 0 Å². The monoisotopic (exact) mass is 333 g/mol. The fourth-order valence-corrected chi connectivity index (χ4v) is 4.84. The van der Waals surface area contributed by atoms with E-state index in [-0.39, 0.29) is 15.6 Å². The number of sulfonamides is 1. The lowest BCUT2D eigenvalue weighted by Crippen LogP contribution is -2.22. The molecule has 0 aliphatic rings. The van der Waals surface area contributed by atoms with Crippen LogP contribution >= 0.6 is 22.7 Å². The molecule has 0 aliphatic carbocycles. The number of hydrogen-bond donors (Lipinski definition) is 3. The average Bonchev–Trinajstić information content (AvgIpc) is 2.95. The van der Waals surface area contributed by atoms with Gasteiger partial charge in [-0.3, -0.25) is 4.79 Å². The summed E-state index contributed by atoms with van der Waals surface area (Å²) in [6, 6.07) is 1.66. The van der Waals surface area contributed by atoms with Gasteiger partial charge in [-0.1, -0.05) is 11.3 Å². The fraction of sp³-hybridized carbons (Fsp3) is 0.364. The molecule has 2 heterocycles. The molecule has 2 aromatic heterocycles. The van der Waals surface area contributed by atoms with Gasteiger partial charge in [0.25, 0.3) is 0 Å². The first-order valence-corrected chi connectivity index (χ1v) is 9.00. The number of H-pyrrole nitrogens is 1. The van der Waals surface area contributed by atoms with Gasteiger partial charge in [0.1, 0.15) is 4.21 Å². The van der Waals surface area contributed by atoms with Crippen LogP contribution in [-0.4, -0.2) is 20.4 Å². The molecule has 0 atom stereocenters. The van der Waals surface area contributed by atoms with Gasteiger partial charge >= 0.3 is 4.87 Å². The lowest BCUT2D eigenvalue weighted by Gasteiger charge is -2.02. The molecule has 0 saturated carbocycles. The number of aromatic nitrogens is 1. The Kier molecular flexibility index (Phi) is 4.76. The molecule has 0 unspecified atom stereocenters. The zero-order chi connectivity index (χ0) is 14.8. The summed E-state index contributed by atoms with van der Waals surface area (Å²) in [7, 11) is -1.73. The fourth-order valence-electron chi connectivity index (χ4n) is 1.60. The largest absolute Gasteiger partial charge is 0.315 e. The van der Waals surface area contributed by atoms with Crippen molar-refractivity contribution in [3.8, 4) is 0 Å². The number of rotatable bonds is 6. The van der Waals surface area contributed by atoms with E-state index in [1.807, 2.05) is 14.0 Å². The van der Waals surface area contributed by atoms with Gasteiger partial charge in [-0.25, -0.2) is 13.1 Å². The summed E-state index contributed by atoms with van der Waals surface area (Å²) in [5, 5.41) is 4.62. The van der Waals surface area contributed by atoms with Gasteiger partial charge in [0.15, 0.2) is 0 Å². The van der Waals surface area contributed by atoms with Crippen molar-refractivity contribution in [2.75, 3.05) is 7.05 Å². The smallest absolute Gasteiger partial charge is 0.304 e. The van der Waals surface area contributed by atoms with Crippen LogP contribution < -0.4 is 14.9 Å². The third kappa shape index (κ3) is 3.55. The maximum absolute atomic E-state index is 12.2. The molecular weight excluding hydrogens is 318 g/mol. The summed E-state index contributed by atoms with van der Waals surface area (Å²) >= 11 is 2.26. The summed E-state index contributed by atoms with van der Waals surface area (Å²) < 4.78 is 27.1. The zero-order valence-electron chi connectivity index (χ0n) is 11.0. The minimum Gasteiger partial charge on any atom is -0.315 e. The number of nitrogens with one attached hydrogen (secondary N) is 3. The topological polar surface area (TPSA) is 91.1 Å². The molecule has 0 amide bonds. The van der Waals surface area contributed by atoms with E-state index in [1.165, 1.54) is 11.3 Å². The second-order valence-electron chi connectivity index (χ2n) is 4.20. The quantitative estimate of drug-likeness (QED) is 0.736. The maximum Gasteiger partial charge on any atom is 0.304 e. The molecule has 0 radical (unpaired) electrons. The second-order valence-corrected chi connectivity index (χ2v) is 8.17. The van der Waals surface area contributed by atoms with Crippen molar-refractivity contribution in [2.45, 2.75) is 24.2 Å². The van der Waals surface area contributed by atoms with E-state index in [4.69, 9.17) is 0 Å². The van der Waals surface area contributed by atoms with E-state index >= 15 is 0 Å². The van der Waals surface area contributed by atoms with E-state index in [2.05, 4.69) is 15.0 Å². The van der Waals surface area contributed by atoms with E-state index in [1.54, 1.807) is 11.4 Å².